The Morgan fingerprint density at radius 1 is 1.07 bits per heavy atom. The molecule has 29 heavy (non-hydrogen) atoms. The van der Waals surface area contributed by atoms with Crippen LogP contribution in [-0.4, -0.2) is 44.3 Å². The van der Waals surface area contributed by atoms with Crippen molar-refractivity contribution in [3.05, 3.63) is 54.6 Å². The highest BCUT2D eigenvalue weighted by Crippen LogP contribution is 2.23. The summed E-state index contributed by atoms with van der Waals surface area (Å²) in [5.41, 5.74) is 2.46. The molecule has 0 spiro atoms. The molecule has 4 rings (SSSR count). The monoisotopic (exact) mass is 408 g/mol. The first kappa shape index (κ1) is 19.1. The van der Waals surface area contributed by atoms with Crippen LogP contribution in [0.2, 0.25) is 0 Å². The van der Waals surface area contributed by atoms with E-state index in [1.54, 1.807) is 9.58 Å². The van der Waals surface area contributed by atoms with E-state index in [0.717, 1.165) is 24.3 Å². The fourth-order valence-electron chi connectivity index (χ4n) is 3.10. The molecule has 0 unspecified atom stereocenters. The van der Waals surface area contributed by atoms with Crippen LogP contribution in [0.3, 0.4) is 0 Å². The Morgan fingerprint density at radius 2 is 1.86 bits per heavy atom. The van der Waals surface area contributed by atoms with E-state index >= 15 is 0 Å². The summed E-state index contributed by atoms with van der Waals surface area (Å²) >= 11 is 1.43. The number of carbonyl (C=O) groups excluding carboxylic acids is 2. The van der Waals surface area contributed by atoms with E-state index in [2.05, 4.69) is 20.8 Å². The summed E-state index contributed by atoms with van der Waals surface area (Å²) in [6.07, 6.45) is 1.82. The van der Waals surface area contributed by atoms with Crippen molar-refractivity contribution in [2.45, 2.75) is 24.4 Å². The summed E-state index contributed by atoms with van der Waals surface area (Å²) < 4.78 is 1.65. The van der Waals surface area contributed by atoms with Crippen molar-refractivity contribution in [2.24, 2.45) is 0 Å². The number of hydrogen-bond acceptors (Lipinski definition) is 6. The van der Waals surface area contributed by atoms with E-state index < -0.39 is 0 Å². The zero-order chi connectivity index (χ0) is 20.1. The molecule has 0 bridgehead atoms. The summed E-state index contributed by atoms with van der Waals surface area (Å²) in [5.74, 6) is 0.622. The standard InChI is InChI=1S/C20H20N6O2S/c27-18(21-15-8-10-16(11-9-15)25-13-4-7-19(25)28)12-14-29-20-22-23-24-26(20)17-5-2-1-3-6-17/h1-3,5-6,8-11H,4,7,12-14H2,(H,21,27). The molecule has 3 aromatic rings. The number of thioether (sulfide) groups is 1. The maximum Gasteiger partial charge on any atom is 0.227 e. The van der Waals surface area contributed by atoms with Crippen molar-refractivity contribution in [3.63, 3.8) is 0 Å². The number of nitrogens with zero attached hydrogens (tertiary/aromatic N) is 5. The van der Waals surface area contributed by atoms with Crippen LogP contribution in [0.1, 0.15) is 19.3 Å². The molecular weight excluding hydrogens is 388 g/mol. The lowest BCUT2D eigenvalue weighted by Gasteiger charge is -2.16. The lowest BCUT2D eigenvalue weighted by molar-refractivity contribution is -0.117. The molecule has 8 nitrogen and oxygen atoms in total. The van der Waals surface area contributed by atoms with Gasteiger partial charge in [0.15, 0.2) is 0 Å². The average Bonchev–Trinajstić information content (AvgIpc) is 3.38. The molecule has 1 N–H and O–H groups in total. The quantitative estimate of drug-likeness (QED) is 0.604. The predicted octanol–water partition coefficient (Wildman–Crippen LogP) is 2.91. The molecule has 2 aromatic carbocycles. The van der Waals surface area contributed by atoms with Gasteiger partial charge in [-0.15, -0.1) is 5.10 Å². The summed E-state index contributed by atoms with van der Waals surface area (Å²) in [4.78, 5) is 25.8. The van der Waals surface area contributed by atoms with Crippen LogP contribution in [0.4, 0.5) is 11.4 Å². The van der Waals surface area contributed by atoms with Crippen molar-refractivity contribution in [3.8, 4) is 5.69 Å². The van der Waals surface area contributed by atoms with Crippen molar-refractivity contribution in [1.29, 1.82) is 0 Å². The number of carbonyl (C=O) groups is 2. The van der Waals surface area contributed by atoms with Gasteiger partial charge < -0.3 is 10.2 Å². The SMILES string of the molecule is O=C(CCSc1nnnn1-c1ccccc1)Nc1ccc(N2CCCC2=O)cc1. The normalized spacial score (nSPS) is 13.7. The maximum atomic E-state index is 12.2. The van der Waals surface area contributed by atoms with E-state index in [1.165, 1.54) is 11.8 Å². The number of hydrogen-bond donors (Lipinski definition) is 1. The van der Waals surface area contributed by atoms with Gasteiger partial charge in [0.05, 0.1) is 5.69 Å². The van der Waals surface area contributed by atoms with E-state index in [4.69, 9.17) is 0 Å². The van der Waals surface area contributed by atoms with Gasteiger partial charge in [-0.05, 0) is 53.2 Å². The van der Waals surface area contributed by atoms with Gasteiger partial charge in [-0.1, -0.05) is 30.0 Å². The summed E-state index contributed by atoms with van der Waals surface area (Å²) in [5, 5.41) is 15.3. The molecule has 148 valence electrons. The van der Waals surface area contributed by atoms with E-state index in [-0.39, 0.29) is 11.8 Å². The van der Waals surface area contributed by atoms with Gasteiger partial charge in [0.2, 0.25) is 17.0 Å². The number of tetrazole rings is 1. The van der Waals surface area contributed by atoms with Crippen LogP contribution in [0.5, 0.6) is 0 Å². The van der Waals surface area contributed by atoms with Gasteiger partial charge >= 0.3 is 0 Å². The lowest BCUT2D eigenvalue weighted by atomic mass is 10.2. The van der Waals surface area contributed by atoms with E-state index in [9.17, 15) is 9.59 Å². The van der Waals surface area contributed by atoms with Crippen molar-refractivity contribution < 1.29 is 9.59 Å². The Morgan fingerprint density at radius 3 is 2.59 bits per heavy atom. The highest BCUT2D eigenvalue weighted by Gasteiger charge is 2.21. The largest absolute Gasteiger partial charge is 0.326 e. The molecule has 0 saturated carbocycles. The van der Waals surface area contributed by atoms with Crippen LogP contribution < -0.4 is 10.2 Å². The number of para-hydroxylation sites is 1. The van der Waals surface area contributed by atoms with Gasteiger partial charge in [-0.2, -0.15) is 4.68 Å². The Balaban J connectivity index is 1.28. The first-order valence-corrected chi connectivity index (χ1v) is 10.4. The second-order valence-electron chi connectivity index (χ2n) is 6.55. The molecule has 2 heterocycles. The Kier molecular flexibility index (Phi) is 5.85. The predicted molar refractivity (Wildman–Crippen MR) is 111 cm³/mol. The molecule has 9 heteroatoms. The number of benzene rings is 2. The lowest BCUT2D eigenvalue weighted by Crippen LogP contribution is -2.23. The highest BCUT2D eigenvalue weighted by molar-refractivity contribution is 7.99. The van der Waals surface area contributed by atoms with Crippen molar-refractivity contribution >= 4 is 35.0 Å². The molecule has 1 saturated heterocycles. The van der Waals surface area contributed by atoms with Gasteiger partial charge in [-0.25, -0.2) is 0 Å². The van der Waals surface area contributed by atoms with Crippen LogP contribution in [0.15, 0.2) is 59.8 Å². The minimum Gasteiger partial charge on any atom is -0.326 e. The van der Waals surface area contributed by atoms with Gasteiger partial charge in [-0.3, -0.25) is 9.59 Å². The average molecular weight is 408 g/mol. The van der Waals surface area contributed by atoms with Crippen molar-refractivity contribution in [2.75, 3.05) is 22.5 Å². The first-order chi connectivity index (χ1) is 14.2. The second-order valence-corrected chi connectivity index (χ2v) is 7.61. The number of amides is 2. The van der Waals surface area contributed by atoms with Gasteiger partial charge in [0, 0.05) is 36.5 Å². The highest BCUT2D eigenvalue weighted by atomic mass is 32.2. The van der Waals surface area contributed by atoms with E-state index in [1.807, 2.05) is 54.6 Å². The zero-order valence-corrected chi connectivity index (χ0v) is 16.5. The minimum atomic E-state index is -0.0822. The molecule has 0 atom stereocenters. The van der Waals surface area contributed by atoms with Crippen LogP contribution in [-0.2, 0) is 9.59 Å². The topological polar surface area (TPSA) is 93.0 Å². The number of nitrogens with one attached hydrogen (secondary N) is 1. The van der Waals surface area contributed by atoms with Crippen molar-refractivity contribution in [1.82, 2.24) is 20.2 Å². The number of aromatic nitrogens is 4. The number of rotatable bonds is 7. The molecule has 2 amide bonds. The van der Waals surface area contributed by atoms with Crippen LogP contribution in [0, 0.1) is 0 Å². The minimum absolute atomic E-state index is 0.0822. The zero-order valence-electron chi connectivity index (χ0n) is 15.7. The second kappa shape index (κ2) is 8.87. The number of anilines is 2. The molecule has 0 radical (unpaired) electrons. The smallest absolute Gasteiger partial charge is 0.227 e. The molecule has 0 aliphatic carbocycles. The van der Waals surface area contributed by atoms with E-state index in [0.29, 0.717) is 29.4 Å². The fraction of sp³-hybridized carbons (Fsp3) is 0.250. The van der Waals surface area contributed by atoms with Crippen LogP contribution >= 0.6 is 11.8 Å². The summed E-state index contributed by atoms with van der Waals surface area (Å²) in [6, 6.07) is 17.0. The Hall–Kier alpha value is -3.20. The molecule has 1 aliphatic heterocycles. The van der Waals surface area contributed by atoms with Gasteiger partial charge in [0.1, 0.15) is 0 Å². The molecule has 1 aliphatic rings. The third-order valence-electron chi connectivity index (χ3n) is 4.54. The molecule has 1 aromatic heterocycles. The maximum absolute atomic E-state index is 12.2. The summed E-state index contributed by atoms with van der Waals surface area (Å²) in [6.45, 7) is 0.754. The Bertz CT molecular complexity index is 990. The van der Waals surface area contributed by atoms with Gasteiger partial charge in [0.25, 0.3) is 0 Å². The Labute approximate surface area is 172 Å². The molecular formula is C20H20N6O2S. The molecule has 1 fully saturated rings. The first-order valence-electron chi connectivity index (χ1n) is 9.37. The third kappa shape index (κ3) is 4.62. The fourth-order valence-corrected chi connectivity index (χ4v) is 3.93. The van der Waals surface area contributed by atoms with Crippen LogP contribution in [0.25, 0.3) is 5.69 Å². The third-order valence-corrected chi connectivity index (χ3v) is 5.46. The summed E-state index contributed by atoms with van der Waals surface area (Å²) in [7, 11) is 0.